The zero-order valence-electron chi connectivity index (χ0n) is 16.5. The maximum atomic E-state index is 12.5. The summed E-state index contributed by atoms with van der Waals surface area (Å²) in [6, 6.07) is 15.2. The lowest BCUT2D eigenvalue weighted by atomic mass is 10.2. The van der Waals surface area contributed by atoms with Crippen LogP contribution >= 0.6 is 23.2 Å². The van der Waals surface area contributed by atoms with Gasteiger partial charge in [0.05, 0.1) is 22.3 Å². The van der Waals surface area contributed by atoms with Crippen LogP contribution in [0.4, 0.5) is 17.2 Å². The van der Waals surface area contributed by atoms with E-state index in [9.17, 15) is 9.59 Å². The van der Waals surface area contributed by atoms with Crippen LogP contribution in [0.5, 0.6) is 5.75 Å². The quantitative estimate of drug-likeness (QED) is 0.442. The normalized spacial score (nSPS) is 10.3. The first-order chi connectivity index (χ1) is 15.0. The number of para-hydroxylation sites is 1. The maximum Gasteiger partial charge on any atom is 0.342 e. The first-order valence-electron chi connectivity index (χ1n) is 9.34. The second kappa shape index (κ2) is 10.7. The molecule has 0 spiro atoms. The van der Waals surface area contributed by atoms with Gasteiger partial charge in [0, 0.05) is 11.9 Å². The van der Waals surface area contributed by atoms with Crippen molar-refractivity contribution in [1.29, 1.82) is 0 Å². The molecular formula is C22H19Cl2N3O4. The lowest BCUT2D eigenvalue weighted by Crippen LogP contribution is -2.21. The Morgan fingerprint density at radius 1 is 1.00 bits per heavy atom. The van der Waals surface area contributed by atoms with Crippen LogP contribution in [-0.2, 0) is 9.53 Å². The van der Waals surface area contributed by atoms with Gasteiger partial charge in [-0.2, -0.15) is 0 Å². The predicted octanol–water partition coefficient (Wildman–Crippen LogP) is 5.33. The van der Waals surface area contributed by atoms with E-state index >= 15 is 0 Å². The van der Waals surface area contributed by atoms with Crippen molar-refractivity contribution in [2.45, 2.75) is 6.92 Å². The Kier molecular flexibility index (Phi) is 7.70. The molecule has 0 atom stereocenters. The fraction of sp³-hybridized carbons (Fsp3) is 0.136. The zero-order valence-corrected chi connectivity index (χ0v) is 18.0. The van der Waals surface area contributed by atoms with Gasteiger partial charge in [-0.25, -0.2) is 9.78 Å². The fourth-order valence-corrected chi connectivity index (χ4v) is 3.10. The topological polar surface area (TPSA) is 89.6 Å². The summed E-state index contributed by atoms with van der Waals surface area (Å²) in [5.41, 5.74) is 1.15. The molecule has 0 radical (unpaired) electrons. The Morgan fingerprint density at radius 3 is 2.39 bits per heavy atom. The van der Waals surface area contributed by atoms with Crippen LogP contribution in [0.3, 0.4) is 0 Å². The van der Waals surface area contributed by atoms with Gasteiger partial charge in [-0.05, 0) is 55.5 Å². The minimum atomic E-state index is -0.707. The summed E-state index contributed by atoms with van der Waals surface area (Å²) in [4.78, 5) is 28.9. The summed E-state index contributed by atoms with van der Waals surface area (Å²) < 4.78 is 10.5. The minimum Gasteiger partial charge on any atom is -0.494 e. The number of halogens is 2. The van der Waals surface area contributed by atoms with Crippen LogP contribution < -0.4 is 15.4 Å². The Labute approximate surface area is 189 Å². The van der Waals surface area contributed by atoms with Crippen molar-refractivity contribution in [1.82, 2.24) is 4.98 Å². The molecule has 0 unspecified atom stereocenters. The summed E-state index contributed by atoms with van der Waals surface area (Å²) in [7, 11) is 0. The van der Waals surface area contributed by atoms with Crippen molar-refractivity contribution < 1.29 is 19.1 Å². The molecule has 9 heteroatoms. The van der Waals surface area contributed by atoms with Crippen LogP contribution in [0, 0.1) is 0 Å². The van der Waals surface area contributed by atoms with Crippen molar-refractivity contribution in [3.05, 3.63) is 76.4 Å². The molecule has 0 saturated carbocycles. The summed E-state index contributed by atoms with van der Waals surface area (Å²) in [5, 5.41) is 6.15. The molecule has 1 heterocycles. The average Bonchev–Trinajstić information content (AvgIpc) is 2.77. The van der Waals surface area contributed by atoms with Gasteiger partial charge in [-0.3, -0.25) is 4.79 Å². The first-order valence-corrected chi connectivity index (χ1v) is 10.1. The Morgan fingerprint density at radius 2 is 1.71 bits per heavy atom. The number of anilines is 3. The first kappa shape index (κ1) is 22.4. The highest BCUT2D eigenvalue weighted by Crippen LogP contribution is 2.29. The third-order valence-corrected chi connectivity index (χ3v) is 4.65. The van der Waals surface area contributed by atoms with E-state index in [1.807, 2.05) is 6.92 Å². The summed E-state index contributed by atoms with van der Waals surface area (Å²) in [6.07, 6.45) is 1.54. The van der Waals surface area contributed by atoms with Gasteiger partial charge in [0.25, 0.3) is 5.91 Å². The molecule has 0 fully saturated rings. The van der Waals surface area contributed by atoms with Crippen molar-refractivity contribution >= 4 is 52.3 Å². The van der Waals surface area contributed by atoms with Gasteiger partial charge < -0.3 is 20.1 Å². The molecule has 31 heavy (non-hydrogen) atoms. The van der Waals surface area contributed by atoms with Crippen LogP contribution in [-0.4, -0.2) is 30.1 Å². The van der Waals surface area contributed by atoms with E-state index in [1.54, 1.807) is 60.8 Å². The maximum absolute atomic E-state index is 12.5. The second-order valence-corrected chi connectivity index (χ2v) is 7.02. The number of ether oxygens (including phenoxy) is 2. The average molecular weight is 460 g/mol. The second-order valence-electron chi connectivity index (χ2n) is 6.20. The highest BCUT2D eigenvalue weighted by molar-refractivity contribution is 6.39. The number of benzene rings is 2. The van der Waals surface area contributed by atoms with Crippen LogP contribution in [0.25, 0.3) is 0 Å². The molecule has 3 rings (SSSR count). The third kappa shape index (κ3) is 6.10. The van der Waals surface area contributed by atoms with Gasteiger partial charge in [-0.1, -0.05) is 29.3 Å². The van der Waals surface area contributed by atoms with Crippen LogP contribution in [0.2, 0.25) is 10.0 Å². The number of amides is 1. The summed E-state index contributed by atoms with van der Waals surface area (Å²) in [5.74, 6) is -0.250. The van der Waals surface area contributed by atoms with E-state index in [0.29, 0.717) is 18.1 Å². The van der Waals surface area contributed by atoms with Crippen molar-refractivity contribution in [3.8, 4) is 5.75 Å². The van der Waals surface area contributed by atoms with E-state index in [2.05, 4.69) is 15.6 Å². The zero-order chi connectivity index (χ0) is 22.2. The van der Waals surface area contributed by atoms with Gasteiger partial charge >= 0.3 is 5.97 Å². The monoisotopic (exact) mass is 459 g/mol. The minimum absolute atomic E-state index is 0.181. The number of hydrogen-bond donors (Lipinski definition) is 2. The molecule has 7 nitrogen and oxygen atoms in total. The SMILES string of the molecule is CCOc1ccc(Nc2ncccc2C(=O)OCC(=O)Nc2c(Cl)cccc2Cl)cc1. The summed E-state index contributed by atoms with van der Waals surface area (Å²) in [6.45, 7) is 1.96. The Bertz CT molecular complexity index is 1050. The number of rotatable bonds is 8. The molecular weight excluding hydrogens is 441 g/mol. The molecule has 0 aliphatic carbocycles. The lowest BCUT2D eigenvalue weighted by molar-refractivity contribution is -0.119. The van der Waals surface area contributed by atoms with E-state index in [1.165, 1.54) is 0 Å². The van der Waals surface area contributed by atoms with Gasteiger partial charge in [-0.15, -0.1) is 0 Å². The Balaban J connectivity index is 1.63. The molecule has 0 aliphatic rings. The third-order valence-electron chi connectivity index (χ3n) is 4.02. The largest absolute Gasteiger partial charge is 0.494 e. The fourth-order valence-electron chi connectivity index (χ4n) is 2.61. The standard InChI is InChI=1S/C22H19Cl2N3O4/c1-2-30-15-10-8-14(9-11-15)26-21-16(5-4-12-25-21)22(29)31-13-19(28)27-20-17(23)6-3-7-18(20)24/h3-12H,2,13H2,1H3,(H,25,26)(H,27,28). The number of nitrogens with one attached hydrogen (secondary N) is 2. The molecule has 160 valence electrons. The number of aromatic nitrogens is 1. The Hall–Kier alpha value is -3.29. The van der Waals surface area contributed by atoms with Gasteiger partial charge in [0.15, 0.2) is 6.61 Å². The van der Waals surface area contributed by atoms with Crippen molar-refractivity contribution in [2.75, 3.05) is 23.8 Å². The smallest absolute Gasteiger partial charge is 0.342 e. The van der Waals surface area contributed by atoms with Gasteiger partial charge in [0.2, 0.25) is 0 Å². The van der Waals surface area contributed by atoms with Crippen LogP contribution in [0.15, 0.2) is 60.8 Å². The van der Waals surface area contributed by atoms with E-state index in [-0.39, 0.29) is 21.3 Å². The highest BCUT2D eigenvalue weighted by atomic mass is 35.5. The van der Waals surface area contributed by atoms with E-state index in [0.717, 1.165) is 5.75 Å². The molecule has 0 aliphatic heterocycles. The molecule has 2 aromatic carbocycles. The highest BCUT2D eigenvalue weighted by Gasteiger charge is 2.17. The number of nitrogens with zero attached hydrogens (tertiary/aromatic N) is 1. The number of esters is 1. The molecule has 1 amide bonds. The van der Waals surface area contributed by atoms with Crippen molar-refractivity contribution in [3.63, 3.8) is 0 Å². The molecule has 3 aromatic rings. The molecule has 2 N–H and O–H groups in total. The van der Waals surface area contributed by atoms with Gasteiger partial charge in [0.1, 0.15) is 17.1 Å². The van der Waals surface area contributed by atoms with Crippen LogP contribution in [0.1, 0.15) is 17.3 Å². The summed E-state index contributed by atoms with van der Waals surface area (Å²) >= 11 is 12.1. The van der Waals surface area contributed by atoms with Crippen molar-refractivity contribution in [2.24, 2.45) is 0 Å². The number of carbonyl (C=O) groups is 2. The van der Waals surface area contributed by atoms with E-state index in [4.69, 9.17) is 32.7 Å². The number of hydrogen-bond acceptors (Lipinski definition) is 6. The number of carbonyl (C=O) groups excluding carboxylic acids is 2. The molecule has 1 aromatic heterocycles. The van der Waals surface area contributed by atoms with E-state index < -0.39 is 18.5 Å². The lowest BCUT2D eigenvalue weighted by Gasteiger charge is -2.12. The molecule has 0 bridgehead atoms. The molecule has 0 saturated heterocycles. The number of pyridine rings is 1. The predicted molar refractivity (Wildman–Crippen MR) is 121 cm³/mol.